The molecule has 2 saturated heterocycles. The summed E-state index contributed by atoms with van der Waals surface area (Å²) < 4.78 is 5.42. The van der Waals surface area contributed by atoms with Crippen LogP contribution in [-0.4, -0.2) is 65.6 Å². The molecule has 4 rings (SSSR count). The van der Waals surface area contributed by atoms with E-state index in [1.165, 1.54) is 35.0 Å². The van der Waals surface area contributed by atoms with E-state index in [0.717, 1.165) is 45.2 Å². The number of nitrogens with zero attached hydrogens (tertiary/aromatic N) is 3. The van der Waals surface area contributed by atoms with Crippen molar-refractivity contribution in [2.75, 3.05) is 31.1 Å². The summed E-state index contributed by atoms with van der Waals surface area (Å²) in [5.74, 6) is -0.00456. The molecule has 2 aliphatic heterocycles. The number of nitrogens with one attached hydrogen (secondary N) is 1. The van der Waals surface area contributed by atoms with E-state index in [1.807, 2.05) is 0 Å². The second kappa shape index (κ2) is 12.2. The van der Waals surface area contributed by atoms with Gasteiger partial charge >= 0.3 is 6.09 Å². The molecule has 202 valence electrons. The molecular weight excluding hydrogens is 472 g/mol. The van der Waals surface area contributed by atoms with Crippen molar-refractivity contribution in [3.63, 3.8) is 0 Å². The van der Waals surface area contributed by atoms with Crippen LogP contribution in [0, 0.1) is 5.41 Å². The fourth-order valence-corrected chi connectivity index (χ4v) is 5.63. The van der Waals surface area contributed by atoms with Gasteiger partial charge in [0.25, 0.3) is 5.91 Å². The van der Waals surface area contributed by atoms with Crippen molar-refractivity contribution in [3.05, 3.63) is 41.1 Å². The smallest absolute Gasteiger partial charge is 0.413 e. The summed E-state index contributed by atoms with van der Waals surface area (Å²) in [5, 5.41) is 10.00. The minimum absolute atomic E-state index is 0.149. The molecule has 1 aromatic heterocycles. The van der Waals surface area contributed by atoms with Crippen LogP contribution in [0.2, 0.25) is 0 Å². The molecule has 0 radical (unpaired) electrons. The van der Waals surface area contributed by atoms with Gasteiger partial charge in [0.15, 0.2) is 6.29 Å². The van der Waals surface area contributed by atoms with Gasteiger partial charge in [-0.2, -0.15) is 0 Å². The number of likely N-dealkylation sites (tertiary alicyclic amines) is 1. The molecule has 0 aromatic carbocycles. The van der Waals surface area contributed by atoms with Crippen LogP contribution in [-0.2, 0) is 14.4 Å². The highest BCUT2D eigenvalue weighted by molar-refractivity contribution is 5.91. The number of ether oxygens (including phenoxy) is 1. The highest BCUT2D eigenvalue weighted by Crippen LogP contribution is 2.40. The number of hydrogen-bond donors (Lipinski definition) is 2. The summed E-state index contributed by atoms with van der Waals surface area (Å²) in [6, 6.07) is 3.31. The van der Waals surface area contributed by atoms with Crippen molar-refractivity contribution in [2.24, 2.45) is 5.41 Å². The summed E-state index contributed by atoms with van der Waals surface area (Å²) >= 11 is 0. The highest BCUT2D eigenvalue weighted by Gasteiger charge is 2.35. The van der Waals surface area contributed by atoms with Gasteiger partial charge in [-0.3, -0.25) is 14.6 Å². The van der Waals surface area contributed by atoms with Crippen LogP contribution in [0.5, 0.6) is 0 Å². The van der Waals surface area contributed by atoms with E-state index in [-0.39, 0.29) is 11.5 Å². The fourth-order valence-electron chi connectivity index (χ4n) is 5.63. The van der Waals surface area contributed by atoms with Gasteiger partial charge in [0.1, 0.15) is 5.82 Å². The van der Waals surface area contributed by atoms with Crippen molar-refractivity contribution < 1.29 is 24.3 Å². The third-order valence-electron chi connectivity index (χ3n) is 7.76. The molecule has 1 aromatic rings. The second-order valence-corrected chi connectivity index (χ2v) is 11.0. The first-order chi connectivity index (χ1) is 17.7. The van der Waals surface area contributed by atoms with E-state index in [0.29, 0.717) is 24.5 Å². The zero-order valence-corrected chi connectivity index (χ0v) is 22.2. The van der Waals surface area contributed by atoms with Crippen molar-refractivity contribution in [1.82, 2.24) is 15.4 Å². The van der Waals surface area contributed by atoms with Gasteiger partial charge in [0, 0.05) is 44.9 Å². The van der Waals surface area contributed by atoms with E-state index in [4.69, 9.17) is 9.57 Å². The zero-order chi connectivity index (χ0) is 26.4. The Labute approximate surface area is 219 Å². The van der Waals surface area contributed by atoms with Crippen LogP contribution in [0.1, 0.15) is 71.3 Å². The fraction of sp³-hybridized carbons (Fsp3) is 0.607. The Bertz CT molecular complexity index is 1010. The lowest BCUT2D eigenvalue weighted by Crippen LogP contribution is -2.42. The minimum atomic E-state index is -1.00. The van der Waals surface area contributed by atoms with Gasteiger partial charge in [-0.15, -0.1) is 0 Å². The van der Waals surface area contributed by atoms with Crippen molar-refractivity contribution in [2.45, 2.75) is 78.0 Å². The molecule has 0 saturated carbocycles. The average molecular weight is 513 g/mol. The van der Waals surface area contributed by atoms with E-state index in [9.17, 15) is 14.7 Å². The molecule has 3 aliphatic rings. The van der Waals surface area contributed by atoms with Crippen molar-refractivity contribution in [1.29, 1.82) is 0 Å². The third kappa shape index (κ3) is 7.18. The average Bonchev–Trinajstić information content (AvgIpc) is 3.33. The van der Waals surface area contributed by atoms with Gasteiger partial charge in [0.05, 0.1) is 6.04 Å². The maximum atomic E-state index is 12.2. The van der Waals surface area contributed by atoms with Crippen LogP contribution in [0.15, 0.2) is 35.6 Å². The molecule has 0 bridgehead atoms. The van der Waals surface area contributed by atoms with E-state index >= 15 is 0 Å². The number of rotatable bonds is 8. The van der Waals surface area contributed by atoms with Gasteiger partial charge in [0.2, 0.25) is 0 Å². The molecule has 1 unspecified atom stereocenters. The van der Waals surface area contributed by atoms with Gasteiger partial charge < -0.3 is 9.84 Å². The molecule has 0 spiro atoms. The first-order valence-corrected chi connectivity index (χ1v) is 13.4. The molecule has 1 aliphatic carbocycles. The van der Waals surface area contributed by atoms with Gasteiger partial charge in [-0.25, -0.2) is 20.1 Å². The van der Waals surface area contributed by atoms with E-state index in [1.54, 1.807) is 24.4 Å². The number of carbonyl (C=O) groups excluding carboxylic acids is 1. The summed E-state index contributed by atoms with van der Waals surface area (Å²) in [6.45, 7) is 9.98. The van der Waals surface area contributed by atoms with Gasteiger partial charge in [-0.05, 0) is 74.6 Å². The lowest BCUT2D eigenvalue weighted by molar-refractivity contribution is -0.198. The summed E-state index contributed by atoms with van der Waals surface area (Å²) in [4.78, 5) is 37.7. The topological polar surface area (TPSA) is 104 Å². The number of allylic oxidation sites excluding steroid dienone is 1. The normalized spacial score (nSPS) is 24.4. The second-order valence-electron chi connectivity index (χ2n) is 11.0. The maximum Gasteiger partial charge on any atom is 0.413 e. The van der Waals surface area contributed by atoms with Crippen LogP contribution in [0.3, 0.4) is 0 Å². The quantitative estimate of drug-likeness (QED) is 0.294. The zero-order valence-electron chi connectivity index (χ0n) is 22.2. The molecular formula is C28H40N4O5. The number of hydroxylamine groups is 1. The van der Waals surface area contributed by atoms with Crippen molar-refractivity contribution in [3.8, 4) is 0 Å². The summed E-state index contributed by atoms with van der Waals surface area (Å²) in [6.07, 6.45) is 10.3. The van der Waals surface area contributed by atoms with E-state index in [2.05, 4.69) is 36.1 Å². The standard InChI is InChI=1S/C28H40N4O5/c1-20-7-6-14-28(2,3)23(20)19-31-15-13-22(18-31)32(27(34)35)24-11-9-21(17-29-24)10-12-25(33)30-37-26-8-4-5-16-36-26/h9-12,17,22,26H,4-8,13-16,18-19H2,1-3H3,(H,30,33)(H,34,35)/b12-10+/t22-,26?/m1/s1. The summed E-state index contributed by atoms with van der Waals surface area (Å²) in [7, 11) is 0. The Balaban J connectivity index is 1.33. The molecule has 2 N–H and O–H groups in total. The monoisotopic (exact) mass is 512 g/mol. The highest BCUT2D eigenvalue weighted by atomic mass is 16.8. The molecule has 2 amide bonds. The van der Waals surface area contributed by atoms with E-state index < -0.39 is 18.3 Å². The predicted octanol–water partition coefficient (Wildman–Crippen LogP) is 4.75. The molecule has 9 heteroatoms. The number of pyridine rings is 1. The predicted molar refractivity (Wildman–Crippen MR) is 142 cm³/mol. The minimum Gasteiger partial charge on any atom is -0.465 e. The molecule has 2 atom stereocenters. The number of anilines is 1. The molecule has 37 heavy (non-hydrogen) atoms. The van der Waals surface area contributed by atoms with Crippen LogP contribution >= 0.6 is 0 Å². The maximum absolute atomic E-state index is 12.2. The van der Waals surface area contributed by atoms with Crippen LogP contribution in [0.25, 0.3) is 6.08 Å². The number of aromatic nitrogens is 1. The largest absolute Gasteiger partial charge is 0.465 e. The van der Waals surface area contributed by atoms with Gasteiger partial charge in [-0.1, -0.05) is 25.0 Å². The Morgan fingerprint density at radius 2 is 2.14 bits per heavy atom. The Kier molecular flexibility index (Phi) is 9.00. The first-order valence-electron chi connectivity index (χ1n) is 13.4. The molecule has 2 fully saturated rings. The summed E-state index contributed by atoms with van der Waals surface area (Å²) in [5.41, 5.74) is 6.27. The lowest BCUT2D eigenvalue weighted by atomic mass is 9.72. The lowest BCUT2D eigenvalue weighted by Gasteiger charge is -2.37. The van der Waals surface area contributed by atoms with Crippen LogP contribution < -0.4 is 10.4 Å². The Morgan fingerprint density at radius 3 is 2.81 bits per heavy atom. The first kappa shape index (κ1) is 27.3. The van der Waals surface area contributed by atoms with Crippen molar-refractivity contribution >= 4 is 23.9 Å². The molecule has 9 nitrogen and oxygen atoms in total. The number of carbonyl (C=O) groups is 2. The number of hydrogen-bond acceptors (Lipinski definition) is 6. The number of carboxylic acid groups (broad SMARTS) is 1. The Hall–Kier alpha value is -2.75. The number of amides is 2. The third-order valence-corrected chi connectivity index (χ3v) is 7.76. The molecule has 3 heterocycles. The SMILES string of the molecule is CC1=C(CN2CC[C@@H](N(C(=O)O)c3ccc(/C=C/C(=O)NOC4CCCCO4)cn3)C2)C(C)(C)CCC1. The Morgan fingerprint density at radius 1 is 1.30 bits per heavy atom. The van der Waals surface area contributed by atoms with Crippen LogP contribution in [0.4, 0.5) is 10.6 Å².